The highest BCUT2D eigenvalue weighted by Crippen LogP contribution is 2.24. The second-order valence-corrected chi connectivity index (χ2v) is 9.20. The van der Waals surface area contributed by atoms with Crippen LogP contribution in [-0.4, -0.2) is 52.9 Å². The first kappa shape index (κ1) is 25.6. The summed E-state index contributed by atoms with van der Waals surface area (Å²) < 4.78 is 0. The quantitative estimate of drug-likeness (QED) is 0.169. The minimum absolute atomic E-state index is 0.0703. The number of benzene rings is 1. The minimum atomic E-state index is -1.33. The molecule has 0 aliphatic rings. The lowest BCUT2D eigenvalue weighted by molar-refractivity contribution is -0.138. The number of aliphatic hydroxyl groups is 1. The molecule has 1 aromatic carbocycles. The number of anilines is 1. The molecule has 3 amide bonds. The molecule has 0 atom stereocenters. The van der Waals surface area contributed by atoms with Gasteiger partial charge in [0.25, 0.3) is 11.8 Å². The summed E-state index contributed by atoms with van der Waals surface area (Å²) >= 11 is 1.23. The molecule has 10 heteroatoms. The zero-order chi connectivity index (χ0) is 24.8. The Bertz CT molecular complexity index is 1040. The van der Waals surface area contributed by atoms with Crippen LogP contribution in [0.2, 0.25) is 0 Å². The van der Waals surface area contributed by atoms with E-state index >= 15 is 0 Å². The summed E-state index contributed by atoms with van der Waals surface area (Å²) in [4.78, 5) is 50.3. The van der Waals surface area contributed by atoms with E-state index in [1.807, 2.05) is 12.1 Å². The third kappa shape index (κ3) is 6.66. The molecule has 0 saturated carbocycles. The molecule has 0 saturated heterocycles. The van der Waals surface area contributed by atoms with E-state index in [2.05, 4.69) is 26.1 Å². The van der Waals surface area contributed by atoms with Gasteiger partial charge in [-0.2, -0.15) is 0 Å². The van der Waals surface area contributed by atoms with Gasteiger partial charge in [0.05, 0.1) is 11.5 Å². The highest BCUT2D eigenvalue weighted by Gasteiger charge is 2.30. The number of carbonyl (C=O) groups excluding carboxylic acids is 3. The number of hydrogen-bond acceptors (Lipinski definition) is 6. The Kier molecular flexibility index (Phi) is 8.36. The fourth-order valence-corrected chi connectivity index (χ4v) is 3.57. The Morgan fingerprint density at radius 2 is 1.73 bits per heavy atom. The number of nitrogens with zero attached hydrogens (tertiary/aromatic N) is 2. The summed E-state index contributed by atoms with van der Waals surface area (Å²) in [6, 6.07) is 10.7. The van der Waals surface area contributed by atoms with Crippen LogP contribution in [-0.2, 0) is 31.1 Å². The number of rotatable bonds is 9. The molecule has 2 aromatic rings. The third-order valence-electron chi connectivity index (χ3n) is 4.78. The van der Waals surface area contributed by atoms with Crippen molar-refractivity contribution in [3.8, 4) is 0 Å². The van der Waals surface area contributed by atoms with Gasteiger partial charge in [0.15, 0.2) is 5.57 Å². The van der Waals surface area contributed by atoms with Gasteiger partial charge in [0, 0.05) is 7.05 Å². The molecule has 0 unspecified atom stereocenters. The van der Waals surface area contributed by atoms with Gasteiger partial charge in [-0.25, -0.2) is 0 Å². The Morgan fingerprint density at radius 3 is 2.21 bits per heavy atom. The van der Waals surface area contributed by atoms with Crippen LogP contribution in [0.4, 0.5) is 5.00 Å². The molecule has 2 rings (SSSR count). The standard InChI is InChI=1S/C23H27N3O6S/c1-23(2,3)16-9-7-15(8-10-16)13-26(14-27)22(32)19(20(30)24-12-18(28)29)21(31)25(4)17-6-5-11-33-17/h5-11,14,32H,12-13H2,1-4H3,(H,24,30)(H,28,29). The highest BCUT2D eigenvalue weighted by atomic mass is 32.1. The topological polar surface area (TPSA) is 127 Å². The third-order valence-corrected chi connectivity index (χ3v) is 5.72. The van der Waals surface area contributed by atoms with Crippen molar-refractivity contribution in [1.82, 2.24) is 10.2 Å². The van der Waals surface area contributed by atoms with Crippen LogP contribution in [0.1, 0.15) is 31.9 Å². The lowest BCUT2D eigenvalue weighted by Crippen LogP contribution is -2.40. The molecular weight excluding hydrogens is 446 g/mol. The van der Waals surface area contributed by atoms with Crippen molar-refractivity contribution in [1.29, 1.82) is 0 Å². The van der Waals surface area contributed by atoms with Gasteiger partial charge in [-0.05, 0) is 34.1 Å². The Morgan fingerprint density at radius 1 is 1.09 bits per heavy atom. The molecule has 33 heavy (non-hydrogen) atoms. The second kappa shape index (κ2) is 10.8. The Balaban J connectivity index is 2.41. The number of likely N-dealkylation sites (N-methyl/N-ethyl adjacent to an activating group) is 1. The van der Waals surface area contributed by atoms with E-state index in [0.29, 0.717) is 17.0 Å². The van der Waals surface area contributed by atoms with Crippen LogP contribution in [0.15, 0.2) is 53.2 Å². The van der Waals surface area contributed by atoms with Gasteiger partial charge < -0.3 is 20.4 Å². The van der Waals surface area contributed by atoms with Gasteiger partial charge in [0.1, 0.15) is 6.54 Å². The molecule has 0 radical (unpaired) electrons. The first-order valence-electron chi connectivity index (χ1n) is 10.0. The van der Waals surface area contributed by atoms with E-state index < -0.39 is 35.8 Å². The fourth-order valence-electron chi connectivity index (χ4n) is 2.88. The van der Waals surface area contributed by atoms with Crippen LogP contribution in [0.25, 0.3) is 0 Å². The number of hydrogen-bond donors (Lipinski definition) is 3. The van der Waals surface area contributed by atoms with Gasteiger partial charge in [-0.1, -0.05) is 45.0 Å². The van der Waals surface area contributed by atoms with Gasteiger partial charge in [0.2, 0.25) is 12.3 Å². The molecule has 9 nitrogen and oxygen atoms in total. The largest absolute Gasteiger partial charge is 0.494 e. The second-order valence-electron chi connectivity index (χ2n) is 8.27. The fraction of sp³-hybridized carbons (Fsp3) is 0.304. The summed E-state index contributed by atoms with van der Waals surface area (Å²) in [6.07, 6.45) is 0.301. The lowest BCUT2D eigenvalue weighted by Gasteiger charge is -2.23. The predicted octanol–water partition coefficient (Wildman–Crippen LogP) is 2.64. The number of aliphatic hydroxyl groups excluding tert-OH is 1. The molecule has 1 aromatic heterocycles. The van der Waals surface area contributed by atoms with E-state index in [9.17, 15) is 24.3 Å². The van der Waals surface area contributed by atoms with Crippen LogP contribution >= 0.6 is 11.3 Å². The molecule has 0 aliphatic carbocycles. The molecule has 0 aliphatic heterocycles. The van der Waals surface area contributed by atoms with E-state index in [1.54, 1.807) is 29.6 Å². The van der Waals surface area contributed by atoms with Crippen molar-refractivity contribution in [2.24, 2.45) is 0 Å². The zero-order valence-corrected chi connectivity index (χ0v) is 19.7. The first-order chi connectivity index (χ1) is 15.5. The molecule has 1 heterocycles. The number of carboxylic acids is 1. The van der Waals surface area contributed by atoms with E-state index in [0.717, 1.165) is 15.4 Å². The number of carbonyl (C=O) groups is 4. The average molecular weight is 474 g/mol. The molecule has 0 fully saturated rings. The molecule has 176 valence electrons. The Hall–Kier alpha value is -3.66. The van der Waals surface area contributed by atoms with Gasteiger partial charge in [-0.3, -0.25) is 24.1 Å². The van der Waals surface area contributed by atoms with Crippen molar-refractivity contribution >= 4 is 40.5 Å². The number of amides is 3. The summed E-state index contributed by atoms with van der Waals surface area (Å²) in [5, 5.41) is 23.9. The maximum Gasteiger partial charge on any atom is 0.322 e. The van der Waals surface area contributed by atoms with Crippen molar-refractivity contribution in [2.45, 2.75) is 32.7 Å². The normalized spacial score (nSPS) is 11.9. The van der Waals surface area contributed by atoms with Crippen molar-refractivity contribution < 1.29 is 29.4 Å². The predicted molar refractivity (Wildman–Crippen MR) is 125 cm³/mol. The molecule has 0 bridgehead atoms. The lowest BCUT2D eigenvalue weighted by atomic mass is 9.87. The summed E-state index contributed by atoms with van der Waals surface area (Å²) in [5.74, 6) is -4.21. The van der Waals surface area contributed by atoms with Crippen molar-refractivity contribution in [2.75, 3.05) is 18.5 Å². The van der Waals surface area contributed by atoms with Crippen molar-refractivity contribution in [3.63, 3.8) is 0 Å². The Labute approximate surface area is 195 Å². The minimum Gasteiger partial charge on any atom is -0.494 e. The van der Waals surface area contributed by atoms with Gasteiger partial charge >= 0.3 is 5.97 Å². The number of aliphatic carboxylic acids is 1. The zero-order valence-electron chi connectivity index (χ0n) is 18.9. The van der Waals surface area contributed by atoms with E-state index in [4.69, 9.17) is 5.11 Å². The van der Waals surface area contributed by atoms with Crippen LogP contribution in [0, 0.1) is 0 Å². The van der Waals surface area contributed by atoms with Crippen LogP contribution in [0.5, 0.6) is 0 Å². The number of carboxylic acid groups (broad SMARTS) is 1. The summed E-state index contributed by atoms with van der Waals surface area (Å²) in [6.45, 7) is 5.32. The van der Waals surface area contributed by atoms with Gasteiger partial charge in [-0.15, -0.1) is 11.3 Å². The van der Waals surface area contributed by atoms with E-state index in [-0.39, 0.29) is 12.0 Å². The maximum atomic E-state index is 13.1. The monoisotopic (exact) mass is 473 g/mol. The number of nitrogens with one attached hydrogen (secondary N) is 1. The van der Waals surface area contributed by atoms with Crippen LogP contribution in [0.3, 0.4) is 0 Å². The van der Waals surface area contributed by atoms with Crippen molar-refractivity contribution in [3.05, 3.63) is 64.4 Å². The smallest absolute Gasteiger partial charge is 0.322 e. The van der Waals surface area contributed by atoms with Crippen LogP contribution < -0.4 is 10.2 Å². The average Bonchev–Trinajstić information content (AvgIpc) is 3.30. The molecule has 3 N–H and O–H groups in total. The highest BCUT2D eigenvalue weighted by molar-refractivity contribution is 7.14. The maximum absolute atomic E-state index is 13.1. The molecule has 0 spiro atoms. The van der Waals surface area contributed by atoms with E-state index in [1.165, 1.54) is 18.4 Å². The first-order valence-corrected chi connectivity index (χ1v) is 10.9. The summed E-state index contributed by atoms with van der Waals surface area (Å²) in [5.41, 5.74) is 0.917. The number of thiophene rings is 1. The molecular formula is C23H27N3O6S. The SMILES string of the molecule is CN(C(=O)C(C(=O)NCC(=O)O)=C(O)N(C=O)Cc1ccc(C(C)(C)C)cc1)c1cccs1. The summed E-state index contributed by atoms with van der Waals surface area (Å²) in [7, 11) is 1.41.